The van der Waals surface area contributed by atoms with Crippen LogP contribution in [0.25, 0.3) is 10.9 Å². The van der Waals surface area contributed by atoms with Crippen molar-refractivity contribution in [3.63, 3.8) is 0 Å². The Morgan fingerprint density at radius 2 is 2.09 bits per heavy atom. The predicted molar refractivity (Wildman–Crippen MR) is 136 cm³/mol. The zero-order valence-corrected chi connectivity index (χ0v) is 20.0. The number of unbranched alkanes of at least 4 members (excludes halogenated alkanes) is 1. The molecule has 1 aliphatic heterocycles. The summed E-state index contributed by atoms with van der Waals surface area (Å²) in [6.07, 6.45) is 9.57. The zero-order valence-electron chi connectivity index (χ0n) is 19.2. The molecule has 1 aromatic carbocycles. The van der Waals surface area contributed by atoms with Crippen LogP contribution in [-0.4, -0.2) is 48.1 Å². The van der Waals surface area contributed by atoms with Crippen LogP contribution in [-0.2, 0) is 6.42 Å². The minimum absolute atomic E-state index is 0.00942. The molecule has 7 heteroatoms. The van der Waals surface area contributed by atoms with E-state index < -0.39 is 0 Å². The molecular formula is C25H35N5OS. The minimum atomic E-state index is -0.00942. The van der Waals surface area contributed by atoms with Gasteiger partial charge in [-0.15, -0.1) is 6.58 Å². The molecule has 1 fully saturated rings. The van der Waals surface area contributed by atoms with Gasteiger partial charge in [0.1, 0.15) is 4.88 Å². The van der Waals surface area contributed by atoms with Crippen LogP contribution >= 0.6 is 11.3 Å². The van der Waals surface area contributed by atoms with Crippen molar-refractivity contribution in [2.24, 2.45) is 0 Å². The van der Waals surface area contributed by atoms with E-state index in [1.165, 1.54) is 22.3 Å². The van der Waals surface area contributed by atoms with Gasteiger partial charge in [-0.25, -0.2) is 4.98 Å². The van der Waals surface area contributed by atoms with Gasteiger partial charge < -0.3 is 20.5 Å². The number of benzene rings is 1. The lowest BCUT2D eigenvalue weighted by atomic mass is 10.0. The van der Waals surface area contributed by atoms with E-state index in [4.69, 9.17) is 0 Å². The molecule has 1 atom stereocenters. The highest BCUT2D eigenvalue weighted by Crippen LogP contribution is 2.24. The lowest BCUT2D eigenvalue weighted by Gasteiger charge is -2.26. The second kappa shape index (κ2) is 12.4. The van der Waals surface area contributed by atoms with Crippen molar-refractivity contribution in [2.75, 3.05) is 31.1 Å². The molecular weight excluding hydrogens is 418 g/mol. The Morgan fingerprint density at radius 1 is 1.34 bits per heavy atom. The number of piperazine rings is 1. The van der Waals surface area contributed by atoms with Crippen LogP contribution in [0.15, 0.2) is 49.3 Å². The van der Waals surface area contributed by atoms with Crippen molar-refractivity contribution in [3.8, 4) is 0 Å². The molecule has 2 aromatic heterocycles. The number of carbonyl (C=O) groups is 1. The summed E-state index contributed by atoms with van der Waals surface area (Å²) in [5.41, 5.74) is 2.40. The van der Waals surface area contributed by atoms with Gasteiger partial charge in [0.25, 0.3) is 5.91 Å². The molecule has 3 N–H and O–H groups in total. The number of aromatic amines is 1. The third-order valence-corrected chi connectivity index (χ3v) is 6.54. The van der Waals surface area contributed by atoms with Gasteiger partial charge in [0.2, 0.25) is 0 Å². The summed E-state index contributed by atoms with van der Waals surface area (Å²) >= 11 is 1.49. The number of fused-ring (bicyclic) bond motifs is 1. The number of aromatic nitrogens is 2. The highest BCUT2D eigenvalue weighted by atomic mass is 32.1. The molecule has 0 spiro atoms. The lowest BCUT2D eigenvalue weighted by Crippen LogP contribution is -2.43. The molecule has 3 aromatic rings. The number of para-hydroxylation sites is 1. The summed E-state index contributed by atoms with van der Waals surface area (Å²) in [6, 6.07) is 8.45. The van der Waals surface area contributed by atoms with Crippen molar-refractivity contribution >= 4 is 33.3 Å². The summed E-state index contributed by atoms with van der Waals surface area (Å²) in [6.45, 7) is 11.2. The topological polar surface area (TPSA) is 73.0 Å². The van der Waals surface area contributed by atoms with Gasteiger partial charge in [-0.2, -0.15) is 0 Å². The van der Waals surface area contributed by atoms with E-state index in [0.29, 0.717) is 4.88 Å². The number of anilines is 1. The first-order valence-electron chi connectivity index (χ1n) is 11.5. The second-order valence-electron chi connectivity index (χ2n) is 8.03. The highest BCUT2D eigenvalue weighted by molar-refractivity contribution is 7.17. The Hall–Kier alpha value is -2.64. The molecule has 32 heavy (non-hydrogen) atoms. The summed E-state index contributed by atoms with van der Waals surface area (Å²) < 4.78 is 0. The molecule has 172 valence electrons. The Balaban J connectivity index is 0.000000913. The number of amides is 1. The van der Waals surface area contributed by atoms with E-state index in [9.17, 15) is 4.79 Å². The first-order chi connectivity index (χ1) is 15.7. The number of thiazole rings is 1. The molecule has 1 unspecified atom stereocenters. The quantitative estimate of drug-likeness (QED) is 0.430. The van der Waals surface area contributed by atoms with Crippen LogP contribution in [0.2, 0.25) is 0 Å². The van der Waals surface area contributed by atoms with E-state index in [-0.39, 0.29) is 11.9 Å². The standard InChI is InChI=1S/C22H29N5OS.C3H6/c1-2-3-6-17(13-16-14-24-19-8-5-4-7-18(16)19)26-21(28)20-15-25-22(29-20)27-11-9-23-10-12-27;1-3-2/h4-5,7-8,14-15,17,23-24H,2-3,6,9-13H2,1H3,(H,26,28);3H,1H2,2H3. The van der Waals surface area contributed by atoms with Crippen molar-refractivity contribution in [1.29, 1.82) is 0 Å². The normalized spacial score (nSPS) is 14.5. The number of rotatable bonds is 8. The smallest absolute Gasteiger partial charge is 0.263 e. The number of hydrogen-bond acceptors (Lipinski definition) is 5. The Labute approximate surface area is 195 Å². The first-order valence-corrected chi connectivity index (χ1v) is 12.3. The Morgan fingerprint density at radius 3 is 2.84 bits per heavy atom. The van der Waals surface area contributed by atoms with Gasteiger partial charge in [-0.3, -0.25) is 4.79 Å². The van der Waals surface area contributed by atoms with Gasteiger partial charge in [0.15, 0.2) is 5.13 Å². The van der Waals surface area contributed by atoms with Gasteiger partial charge in [-0.1, -0.05) is 55.4 Å². The van der Waals surface area contributed by atoms with E-state index in [2.05, 4.69) is 63.4 Å². The molecule has 0 saturated carbocycles. The number of allylic oxidation sites excluding steroid dienone is 1. The van der Waals surface area contributed by atoms with E-state index in [1.807, 2.05) is 13.0 Å². The summed E-state index contributed by atoms with van der Waals surface area (Å²) in [5.74, 6) is -0.00942. The fraction of sp³-hybridized carbons (Fsp3) is 0.440. The third kappa shape index (κ3) is 6.43. The van der Waals surface area contributed by atoms with Crippen molar-refractivity contribution in [2.45, 2.75) is 45.6 Å². The van der Waals surface area contributed by atoms with Crippen LogP contribution < -0.4 is 15.5 Å². The second-order valence-corrected chi connectivity index (χ2v) is 9.04. The SMILES string of the molecule is C=CC.CCCCC(Cc1c[nH]c2ccccc12)NC(=O)c1cnc(N2CCNCC2)s1. The average Bonchev–Trinajstić information content (AvgIpc) is 3.47. The van der Waals surface area contributed by atoms with Crippen molar-refractivity contribution < 1.29 is 4.79 Å². The van der Waals surface area contributed by atoms with Gasteiger partial charge >= 0.3 is 0 Å². The van der Waals surface area contributed by atoms with Crippen LogP contribution in [0.5, 0.6) is 0 Å². The fourth-order valence-corrected chi connectivity index (χ4v) is 4.74. The number of nitrogens with zero attached hydrogens (tertiary/aromatic N) is 2. The van der Waals surface area contributed by atoms with Crippen LogP contribution in [0.4, 0.5) is 5.13 Å². The van der Waals surface area contributed by atoms with Crippen molar-refractivity contribution in [3.05, 3.63) is 59.8 Å². The minimum Gasteiger partial charge on any atom is -0.361 e. The van der Waals surface area contributed by atoms with E-state index in [1.54, 1.807) is 12.3 Å². The molecule has 0 radical (unpaired) electrons. The maximum absolute atomic E-state index is 12.9. The predicted octanol–water partition coefficient (Wildman–Crippen LogP) is 4.76. The molecule has 4 rings (SSSR count). The maximum atomic E-state index is 12.9. The fourth-order valence-electron chi connectivity index (χ4n) is 3.87. The van der Waals surface area contributed by atoms with Crippen molar-refractivity contribution in [1.82, 2.24) is 20.6 Å². The number of H-pyrrole nitrogens is 1. The van der Waals surface area contributed by atoms with Crippen LogP contribution in [0, 0.1) is 0 Å². The number of carbonyl (C=O) groups excluding carboxylic acids is 1. The third-order valence-electron chi connectivity index (χ3n) is 5.49. The van der Waals surface area contributed by atoms with E-state index in [0.717, 1.165) is 62.5 Å². The molecule has 0 aliphatic carbocycles. The monoisotopic (exact) mass is 453 g/mol. The molecule has 6 nitrogen and oxygen atoms in total. The Bertz CT molecular complexity index is 989. The van der Waals surface area contributed by atoms with Gasteiger partial charge in [0.05, 0.1) is 6.20 Å². The lowest BCUT2D eigenvalue weighted by molar-refractivity contribution is 0.0938. The van der Waals surface area contributed by atoms with E-state index >= 15 is 0 Å². The van der Waals surface area contributed by atoms with Crippen LogP contribution in [0.1, 0.15) is 48.3 Å². The summed E-state index contributed by atoms with van der Waals surface area (Å²) in [4.78, 5) is 23.7. The number of hydrogen-bond donors (Lipinski definition) is 3. The Kier molecular flexibility index (Phi) is 9.31. The highest BCUT2D eigenvalue weighted by Gasteiger charge is 2.20. The largest absolute Gasteiger partial charge is 0.361 e. The summed E-state index contributed by atoms with van der Waals surface area (Å²) in [5, 5.41) is 8.80. The molecule has 3 heterocycles. The zero-order chi connectivity index (χ0) is 22.8. The maximum Gasteiger partial charge on any atom is 0.263 e. The molecule has 1 saturated heterocycles. The van der Waals surface area contributed by atoms with Gasteiger partial charge in [-0.05, 0) is 31.4 Å². The first kappa shape index (κ1) is 24.0. The number of nitrogens with one attached hydrogen (secondary N) is 3. The van der Waals surface area contributed by atoms with Crippen LogP contribution in [0.3, 0.4) is 0 Å². The molecule has 0 bridgehead atoms. The molecule has 1 amide bonds. The average molecular weight is 454 g/mol. The summed E-state index contributed by atoms with van der Waals surface area (Å²) in [7, 11) is 0. The van der Waals surface area contributed by atoms with Gasteiger partial charge in [0, 0.05) is 49.3 Å². The molecule has 1 aliphatic rings.